The zero-order valence-electron chi connectivity index (χ0n) is 24.1. The number of piperidine rings is 1. The van der Waals surface area contributed by atoms with Gasteiger partial charge in [0.2, 0.25) is 0 Å². The molecule has 1 aromatic carbocycles. The molecule has 2 aliphatic heterocycles. The van der Waals surface area contributed by atoms with Crippen molar-refractivity contribution in [3.8, 4) is 11.5 Å². The number of rotatable bonds is 11. The number of halogens is 1. The summed E-state index contributed by atoms with van der Waals surface area (Å²) in [6, 6.07) is 7.42. The molecule has 0 saturated carbocycles. The van der Waals surface area contributed by atoms with E-state index in [1.807, 2.05) is 25.1 Å². The van der Waals surface area contributed by atoms with E-state index < -0.39 is 11.6 Å². The Labute approximate surface area is 261 Å². The van der Waals surface area contributed by atoms with E-state index in [9.17, 15) is 9.18 Å². The molecule has 2 aliphatic rings. The van der Waals surface area contributed by atoms with E-state index in [4.69, 9.17) is 26.4 Å². The summed E-state index contributed by atoms with van der Waals surface area (Å²) in [7, 11) is 0. The SMILES string of the molecule is [CH-]=C/C(=C\[C-]=NC=[N-])Oc1ccc(Nc2ncnc3cc4c(nc23)N2CCC(CCC(=O)C(=C)F)C(CO4)C2)cc1C.[Li+]. The smallest absolute Gasteiger partial charge is 0.577 e. The van der Waals surface area contributed by atoms with Crippen molar-refractivity contribution in [1.29, 1.82) is 0 Å². The quantitative estimate of drug-likeness (QED) is 0.0706. The number of aryl methyl sites for hydroxylation is 1. The van der Waals surface area contributed by atoms with Crippen molar-refractivity contribution in [1.82, 2.24) is 15.0 Å². The number of pyridine rings is 1. The second-order valence-electron chi connectivity index (χ2n) is 10.1. The minimum Gasteiger partial charge on any atom is -0.577 e. The average Bonchev–Trinajstić information content (AvgIpc) is 3.12. The van der Waals surface area contributed by atoms with Crippen molar-refractivity contribution in [3.63, 3.8) is 0 Å². The minimum absolute atomic E-state index is 0. The Bertz CT molecular complexity index is 1610. The number of aromatic nitrogens is 3. The van der Waals surface area contributed by atoms with Gasteiger partial charge in [0.25, 0.3) is 0 Å². The van der Waals surface area contributed by atoms with E-state index >= 15 is 0 Å². The number of Topliss-reactive ketones (excluding diaryl/α,β-unsaturated/α-hetero) is 1. The second kappa shape index (κ2) is 14.2. The zero-order chi connectivity index (χ0) is 29.6. The normalized spacial score (nSPS) is 17.7. The summed E-state index contributed by atoms with van der Waals surface area (Å²) in [5, 5.41) is 12.0. The summed E-state index contributed by atoms with van der Waals surface area (Å²) >= 11 is 0. The van der Waals surface area contributed by atoms with Crippen LogP contribution in [-0.4, -0.2) is 53.0 Å². The standard InChI is InChI=1S/C31H29FN7O3.Li/c1-4-24(9-11-34-17-33)42-27-8-6-23(13-19(27)2)37-30-29-25(35-18-36-30)14-28-31(38-29)39-12-10-21(22(15-39)16-41-28)5-7-26(40)20(3)32;/h1,4,6,8-9,13-14,17-18,21-22H,3,5,7,10,12,15-16H2,2H3,(H,35,36,37);/q-3;+1/b24-9+;. The fraction of sp³-hybridized carbons (Fsp3) is 0.290. The Balaban J connectivity index is 0.00000423. The molecule has 2 bridgehead atoms. The molecular weight excluding hydrogens is 544 g/mol. The van der Waals surface area contributed by atoms with Gasteiger partial charge < -0.3 is 30.1 Å². The van der Waals surface area contributed by atoms with Gasteiger partial charge in [0.05, 0.1) is 12.1 Å². The molecule has 2 atom stereocenters. The fourth-order valence-electron chi connectivity index (χ4n) is 5.22. The van der Waals surface area contributed by atoms with Gasteiger partial charge in [0, 0.05) is 42.9 Å². The van der Waals surface area contributed by atoms with E-state index in [0.29, 0.717) is 53.5 Å². The Hall–Kier alpha value is -4.33. The molecule has 0 aliphatic carbocycles. The van der Waals surface area contributed by atoms with Crippen LogP contribution in [0.2, 0.25) is 0 Å². The molecule has 0 radical (unpaired) electrons. The van der Waals surface area contributed by atoms with E-state index in [1.54, 1.807) is 6.07 Å². The third kappa shape index (κ3) is 7.36. The molecule has 0 amide bonds. The summed E-state index contributed by atoms with van der Waals surface area (Å²) in [5.41, 5.74) is 2.84. The van der Waals surface area contributed by atoms with Crippen LogP contribution in [0.15, 0.2) is 65.9 Å². The predicted octanol–water partition coefficient (Wildman–Crippen LogP) is 2.55. The molecule has 43 heavy (non-hydrogen) atoms. The third-order valence-corrected chi connectivity index (χ3v) is 7.41. The van der Waals surface area contributed by atoms with Crippen LogP contribution in [0.25, 0.3) is 16.4 Å². The van der Waals surface area contributed by atoms with Gasteiger partial charge in [-0.25, -0.2) is 31.9 Å². The maximum atomic E-state index is 13.2. The van der Waals surface area contributed by atoms with Gasteiger partial charge in [-0.3, -0.25) is 11.4 Å². The fourth-order valence-corrected chi connectivity index (χ4v) is 5.22. The van der Waals surface area contributed by atoms with Crippen molar-refractivity contribution >= 4 is 46.7 Å². The average molecular weight is 574 g/mol. The number of fused-ring (bicyclic) bond motifs is 5. The van der Waals surface area contributed by atoms with E-state index in [-0.39, 0.29) is 37.1 Å². The second-order valence-corrected chi connectivity index (χ2v) is 10.1. The first-order chi connectivity index (χ1) is 20.4. The zero-order valence-corrected chi connectivity index (χ0v) is 24.1. The van der Waals surface area contributed by atoms with E-state index in [0.717, 1.165) is 36.6 Å². The number of allylic oxidation sites excluding steroid dienone is 3. The number of aliphatic imine (C=N–C) groups is 1. The molecule has 5 rings (SSSR count). The topological polar surface area (TPSA) is 124 Å². The first-order valence-electron chi connectivity index (χ1n) is 13.5. The Morgan fingerprint density at radius 3 is 2.98 bits per heavy atom. The van der Waals surface area contributed by atoms with Gasteiger partial charge in [-0.1, -0.05) is 6.58 Å². The number of hydrogen-bond donors (Lipinski definition) is 1. The molecule has 1 fully saturated rings. The molecular formula is C31H29FLiN7O3-2. The molecule has 1 saturated heterocycles. The Morgan fingerprint density at radius 1 is 1.40 bits per heavy atom. The number of nitrogens with one attached hydrogen (secondary N) is 1. The van der Waals surface area contributed by atoms with Crippen LogP contribution in [0, 0.1) is 25.3 Å². The molecule has 2 unspecified atom stereocenters. The van der Waals surface area contributed by atoms with Gasteiger partial charge in [0.15, 0.2) is 29.0 Å². The van der Waals surface area contributed by atoms with Crippen LogP contribution in [0.1, 0.15) is 24.8 Å². The number of benzene rings is 1. The molecule has 0 spiro atoms. The summed E-state index contributed by atoms with van der Waals surface area (Å²) in [4.78, 5) is 31.3. The molecule has 10 nitrogen and oxygen atoms in total. The van der Waals surface area contributed by atoms with Crippen molar-refractivity contribution in [2.75, 3.05) is 29.9 Å². The molecule has 3 aromatic rings. The predicted molar refractivity (Wildman–Crippen MR) is 160 cm³/mol. The number of nitrogens with zero attached hydrogens (tertiary/aromatic N) is 6. The Morgan fingerprint density at radius 2 is 2.23 bits per heavy atom. The van der Waals surface area contributed by atoms with Gasteiger partial charge in [0.1, 0.15) is 17.6 Å². The van der Waals surface area contributed by atoms with Crippen LogP contribution < -0.4 is 38.6 Å². The third-order valence-electron chi connectivity index (χ3n) is 7.41. The first-order valence-corrected chi connectivity index (χ1v) is 13.5. The number of anilines is 3. The van der Waals surface area contributed by atoms with Gasteiger partial charge in [-0.15, -0.1) is 6.08 Å². The number of hydrogen-bond acceptors (Lipinski definition) is 8. The van der Waals surface area contributed by atoms with Crippen molar-refractivity contribution in [3.05, 3.63) is 78.5 Å². The summed E-state index contributed by atoms with van der Waals surface area (Å²) in [6.45, 7) is 12.6. The summed E-state index contributed by atoms with van der Waals surface area (Å²) in [6.07, 6.45) is 8.87. The molecule has 12 heteroatoms. The van der Waals surface area contributed by atoms with Crippen LogP contribution in [0.3, 0.4) is 0 Å². The van der Waals surface area contributed by atoms with Crippen LogP contribution in [0.5, 0.6) is 11.5 Å². The van der Waals surface area contributed by atoms with Crippen molar-refractivity contribution in [2.24, 2.45) is 16.8 Å². The van der Waals surface area contributed by atoms with Gasteiger partial charge in [-0.05, 0) is 49.4 Å². The minimum atomic E-state index is -0.882. The van der Waals surface area contributed by atoms with E-state index in [2.05, 4.69) is 38.0 Å². The molecule has 216 valence electrons. The van der Waals surface area contributed by atoms with Crippen molar-refractivity contribution < 1.29 is 37.5 Å². The van der Waals surface area contributed by atoms with Crippen LogP contribution >= 0.6 is 0 Å². The monoisotopic (exact) mass is 573 g/mol. The number of ketones is 1. The summed E-state index contributed by atoms with van der Waals surface area (Å²) < 4.78 is 25.2. The van der Waals surface area contributed by atoms with Crippen LogP contribution in [0.4, 0.5) is 21.7 Å². The first kappa shape index (κ1) is 31.6. The van der Waals surface area contributed by atoms with Gasteiger partial charge in [-0.2, -0.15) is 6.08 Å². The molecule has 1 N–H and O–H groups in total. The number of carbonyl (C=O) groups excluding carboxylic acids is 1. The number of ether oxygens (including phenoxy) is 2. The van der Waals surface area contributed by atoms with Crippen LogP contribution in [-0.2, 0) is 4.79 Å². The molecule has 2 aromatic heterocycles. The van der Waals surface area contributed by atoms with E-state index in [1.165, 1.54) is 18.5 Å². The van der Waals surface area contributed by atoms with Crippen molar-refractivity contribution in [2.45, 2.75) is 26.2 Å². The molecule has 4 heterocycles. The Kier molecular flexibility index (Phi) is 10.5. The number of carbonyl (C=O) groups is 1. The van der Waals surface area contributed by atoms with Gasteiger partial charge >= 0.3 is 18.9 Å². The summed E-state index contributed by atoms with van der Waals surface area (Å²) in [5.74, 6) is 1.83. The maximum absolute atomic E-state index is 13.2. The largest absolute Gasteiger partial charge is 1.00 e. The maximum Gasteiger partial charge on any atom is 1.00 e.